The minimum Gasteiger partial charge on any atom is -0.444 e. The number of hydrogen-bond acceptors (Lipinski definition) is 6. The van der Waals surface area contributed by atoms with E-state index in [1.54, 1.807) is 20.8 Å². The van der Waals surface area contributed by atoms with Crippen LogP contribution in [0.4, 0.5) is 4.79 Å². The fourth-order valence-electron chi connectivity index (χ4n) is 2.75. The summed E-state index contributed by atoms with van der Waals surface area (Å²) in [5.74, 6) is -1.07. The number of likely N-dealkylation sites (tertiary alicyclic amines) is 1. The van der Waals surface area contributed by atoms with E-state index in [2.05, 4.69) is 0 Å². The molecule has 20 heavy (non-hydrogen) atoms. The van der Waals surface area contributed by atoms with E-state index in [1.165, 1.54) is 19.1 Å². The number of methoxy groups -OCH3 is 2. The first-order chi connectivity index (χ1) is 9.24. The SMILES string of the molecule is COC1(OC)CO[C@@H]2C(O)CN(C(=O)OC(C)(C)C)C21. The molecule has 2 heterocycles. The molecule has 0 aromatic heterocycles. The number of aliphatic hydroxyl groups is 1. The van der Waals surface area contributed by atoms with E-state index in [4.69, 9.17) is 18.9 Å². The summed E-state index contributed by atoms with van der Waals surface area (Å²) in [6.07, 6.45) is -1.81. The van der Waals surface area contributed by atoms with Gasteiger partial charge in [-0.05, 0) is 20.8 Å². The molecule has 0 saturated carbocycles. The van der Waals surface area contributed by atoms with Crippen LogP contribution in [0.25, 0.3) is 0 Å². The van der Waals surface area contributed by atoms with Crippen molar-refractivity contribution in [2.45, 2.75) is 50.4 Å². The number of ether oxygens (including phenoxy) is 4. The van der Waals surface area contributed by atoms with Crippen molar-refractivity contribution in [3.63, 3.8) is 0 Å². The standard InChI is InChI=1S/C13H23NO6/c1-12(2,3)20-11(16)14-6-8(15)9-10(14)13(17-4,18-5)7-19-9/h8-10,15H,6-7H2,1-5H3/t8?,9-,10?/m1/s1. The van der Waals surface area contributed by atoms with E-state index in [0.717, 1.165) is 0 Å². The summed E-state index contributed by atoms with van der Waals surface area (Å²) in [5.41, 5.74) is -0.609. The lowest BCUT2D eigenvalue weighted by atomic mass is 10.0. The predicted octanol–water partition coefficient (Wildman–Crippen LogP) is 0.355. The first kappa shape index (κ1) is 15.5. The van der Waals surface area contributed by atoms with Crippen LogP contribution < -0.4 is 0 Å². The van der Waals surface area contributed by atoms with Gasteiger partial charge in [0.1, 0.15) is 30.5 Å². The van der Waals surface area contributed by atoms with Gasteiger partial charge in [-0.25, -0.2) is 4.79 Å². The van der Waals surface area contributed by atoms with Gasteiger partial charge in [0.2, 0.25) is 5.79 Å². The summed E-state index contributed by atoms with van der Waals surface area (Å²) in [6, 6.07) is -0.526. The molecule has 1 amide bonds. The van der Waals surface area contributed by atoms with Crippen molar-refractivity contribution in [2.75, 3.05) is 27.4 Å². The van der Waals surface area contributed by atoms with Crippen molar-refractivity contribution >= 4 is 6.09 Å². The Kier molecular flexibility index (Phi) is 3.98. The molecule has 0 radical (unpaired) electrons. The van der Waals surface area contributed by atoms with Crippen LogP contribution in [0.2, 0.25) is 0 Å². The zero-order valence-corrected chi connectivity index (χ0v) is 12.6. The number of nitrogens with zero attached hydrogens (tertiary/aromatic N) is 1. The Hall–Kier alpha value is -0.890. The van der Waals surface area contributed by atoms with E-state index in [1.807, 2.05) is 0 Å². The molecular formula is C13H23NO6. The summed E-state index contributed by atoms with van der Waals surface area (Å²) in [5, 5.41) is 10.1. The van der Waals surface area contributed by atoms with Crippen LogP contribution in [0.15, 0.2) is 0 Å². The van der Waals surface area contributed by atoms with E-state index >= 15 is 0 Å². The molecule has 7 nitrogen and oxygen atoms in total. The Labute approximate surface area is 118 Å². The van der Waals surface area contributed by atoms with Crippen LogP contribution in [0.5, 0.6) is 0 Å². The topological polar surface area (TPSA) is 77.5 Å². The van der Waals surface area contributed by atoms with Gasteiger partial charge in [0.25, 0.3) is 0 Å². The van der Waals surface area contributed by atoms with Crippen LogP contribution in [0.3, 0.4) is 0 Å². The third-order valence-corrected chi connectivity index (χ3v) is 3.66. The highest BCUT2D eigenvalue weighted by atomic mass is 16.7. The zero-order valence-electron chi connectivity index (χ0n) is 12.6. The van der Waals surface area contributed by atoms with Gasteiger partial charge in [0.05, 0.1) is 6.54 Å². The minimum atomic E-state index is -1.07. The fraction of sp³-hybridized carbons (Fsp3) is 0.923. The van der Waals surface area contributed by atoms with E-state index < -0.39 is 35.7 Å². The summed E-state index contributed by atoms with van der Waals surface area (Å²) >= 11 is 0. The maximum atomic E-state index is 12.3. The lowest BCUT2D eigenvalue weighted by Gasteiger charge is -2.36. The Bertz CT molecular complexity index is 376. The van der Waals surface area contributed by atoms with E-state index in [9.17, 15) is 9.90 Å². The number of β-amino-alcohol motifs (C(OH)–C–C–N with tert-alkyl or cyclic N) is 1. The third-order valence-electron chi connectivity index (χ3n) is 3.66. The van der Waals surface area contributed by atoms with Crippen molar-refractivity contribution in [3.8, 4) is 0 Å². The van der Waals surface area contributed by atoms with E-state index in [0.29, 0.717) is 0 Å². The fourth-order valence-corrected chi connectivity index (χ4v) is 2.75. The molecule has 116 valence electrons. The molecule has 2 fully saturated rings. The van der Waals surface area contributed by atoms with Crippen LogP contribution in [-0.4, -0.2) is 73.1 Å². The molecule has 2 aliphatic heterocycles. The molecule has 0 aliphatic carbocycles. The van der Waals surface area contributed by atoms with Crippen molar-refractivity contribution < 1.29 is 28.8 Å². The summed E-state index contributed by atoms with van der Waals surface area (Å²) < 4.78 is 21.7. The van der Waals surface area contributed by atoms with Crippen molar-refractivity contribution in [1.82, 2.24) is 4.90 Å². The minimum absolute atomic E-state index is 0.138. The third kappa shape index (κ3) is 2.50. The molecule has 0 aromatic carbocycles. The highest BCUT2D eigenvalue weighted by Crippen LogP contribution is 2.39. The molecule has 7 heteroatoms. The second-order valence-corrected chi connectivity index (χ2v) is 6.14. The average molecular weight is 289 g/mol. The largest absolute Gasteiger partial charge is 0.444 e. The normalized spacial score (nSPS) is 32.3. The Balaban J connectivity index is 2.23. The number of rotatable bonds is 2. The van der Waals surface area contributed by atoms with Gasteiger partial charge in [-0.15, -0.1) is 0 Å². The molecule has 2 unspecified atom stereocenters. The molecule has 0 spiro atoms. The number of carbonyl (C=O) groups excluding carboxylic acids is 1. The summed E-state index contributed by atoms with van der Waals surface area (Å²) in [6.45, 7) is 5.67. The Morgan fingerprint density at radius 1 is 1.35 bits per heavy atom. The van der Waals surface area contributed by atoms with Gasteiger partial charge in [-0.3, -0.25) is 4.90 Å². The molecule has 0 bridgehead atoms. The van der Waals surface area contributed by atoms with Crippen molar-refractivity contribution in [3.05, 3.63) is 0 Å². The van der Waals surface area contributed by atoms with Gasteiger partial charge in [-0.2, -0.15) is 0 Å². The second-order valence-electron chi connectivity index (χ2n) is 6.14. The maximum Gasteiger partial charge on any atom is 0.410 e. The molecule has 0 aromatic rings. The van der Waals surface area contributed by atoms with Gasteiger partial charge >= 0.3 is 6.09 Å². The number of aliphatic hydroxyl groups excluding tert-OH is 1. The molecule has 2 rings (SSSR count). The monoisotopic (exact) mass is 289 g/mol. The van der Waals surface area contributed by atoms with Gasteiger partial charge in [-0.1, -0.05) is 0 Å². The Morgan fingerprint density at radius 2 is 1.95 bits per heavy atom. The molecule has 2 saturated heterocycles. The lowest BCUT2D eigenvalue weighted by molar-refractivity contribution is -0.225. The number of carbonyl (C=O) groups is 1. The Morgan fingerprint density at radius 3 is 2.45 bits per heavy atom. The van der Waals surface area contributed by atoms with Gasteiger partial charge < -0.3 is 24.1 Å². The van der Waals surface area contributed by atoms with Crippen LogP contribution in [-0.2, 0) is 18.9 Å². The lowest BCUT2D eigenvalue weighted by Crippen LogP contribution is -2.55. The molecule has 3 atom stereocenters. The van der Waals surface area contributed by atoms with Gasteiger partial charge in [0, 0.05) is 14.2 Å². The molecular weight excluding hydrogens is 266 g/mol. The second kappa shape index (κ2) is 5.14. The number of hydrogen-bond donors (Lipinski definition) is 1. The zero-order chi connectivity index (χ0) is 15.1. The van der Waals surface area contributed by atoms with Crippen LogP contribution in [0.1, 0.15) is 20.8 Å². The first-order valence-corrected chi connectivity index (χ1v) is 6.63. The van der Waals surface area contributed by atoms with Crippen LogP contribution in [0, 0.1) is 0 Å². The number of fused-ring (bicyclic) bond motifs is 1. The maximum absolute atomic E-state index is 12.3. The van der Waals surface area contributed by atoms with Gasteiger partial charge in [0.15, 0.2) is 0 Å². The predicted molar refractivity (Wildman–Crippen MR) is 69.2 cm³/mol. The highest BCUT2D eigenvalue weighted by Gasteiger charge is 2.62. The highest BCUT2D eigenvalue weighted by molar-refractivity contribution is 5.69. The molecule has 1 N–H and O–H groups in total. The van der Waals surface area contributed by atoms with Crippen molar-refractivity contribution in [1.29, 1.82) is 0 Å². The van der Waals surface area contributed by atoms with E-state index in [-0.39, 0.29) is 13.2 Å². The average Bonchev–Trinajstić information content (AvgIpc) is 2.87. The number of amides is 1. The summed E-state index contributed by atoms with van der Waals surface area (Å²) in [7, 11) is 2.99. The summed E-state index contributed by atoms with van der Waals surface area (Å²) in [4.78, 5) is 13.7. The van der Waals surface area contributed by atoms with Crippen molar-refractivity contribution in [2.24, 2.45) is 0 Å². The smallest absolute Gasteiger partial charge is 0.410 e. The van der Waals surface area contributed by atoms with Crippen LogP contribution >= 0.6 is 0 Å². The first-order valence-electron chi connectivity index (χ1n) is 6.63. The molecule has 2 aliphatic rings. The quantitative estimate of drug-likeness (QED) is 0.739.